The van der Waals surface area contributed by atoms with Crippen molar-refractivity contribution in [3.8, 4) is 5.75 Å². The van der Waals surface area contributed by atoms with Crippen LogP contribution in [0.4, 0.5) is 0 Å². The van der Waals surface area contributed by atoms with Crippen molar-refractivity contribution in [2.24, 2.45) is 0 Å². The molecule has 0 atom stereocenters. The molecule has 2 nitrogen and oxygen atoms in total. The largest absolute Gasteiger partial charge is 0.489 e. The van der Waals surface area contributed by atoms with Crippen LogP contribution in [0.5, 0.6) is 5.75 Å². The number of hydrogen-bond donors (Lipinski definition) is 0. The Morgan fingerprint density at radius 3 is 2.33 bits per heavy atom. The highest BCUT2D eigenvalue weighted by Gasteiger charge is 2.12. The fourth-order valence-corrected chi connectivity index (χ4v) is 2.69. The van der Waals surface area contributed by atoms with Crippen LogP contribution in [0.2, 0.25) is 0 Å². The molecule has 0 spiro atoms. The Hall–Kier alpha value is -1.61. The van der Waals surface area contributed by atoms with E-state index in [4.69, 9.17) is 4.74 Å². The highest BCUT2D eigenvalue weighted by molar-refractivity contribution is 9.18. The van der Waals surface area contributed by atoms with E-state index < -0.39 is 0 Å². The van der Waals surface area contributed by atoms with Gasteiger partial charge in [-0.2, -0.15) is 0 Å². The van der Waals surface area contributed by atoms with Crippen molar-refractivity contribution in [3.05, 3.63) is 63.7 Å². The zero-order chi connectivity index (χ0) is 15.6. The Bertz CT molecular complexity index is 690. The Morgan fingerprint density at radius 1 is 1.00 bits per heavy atom. The van der Waals surface area contributed by atoms with Crippen LogP contribution < -0.4 is 4.74 Å². The van der Waals surface area contributed by atoms with Crippen LogP contribution in [0, 0.1) is 27.7 Å². The van der Waals surface area contributed by atoms with Crippen LogP contribution in [0.15, 0.2) is 30.3 Å². The molecule has 0 aliphatic carbocycles. The average Bonchev–Trinajstić information content (AvgIpc) is 2.42. The van der Waals surface area contributed by atoms with Crippen LogP contribution in [0.1, 0.15) is 38.2 Å². The summed E-state index contributed by atoms with van der Waals surface area (Å²) in [6.45, 7) is 8.59. The van der Waals surface area contributed by atoms with E-state index in [2.05, 4.69) is 41.9 Å². The summed E-state index contributed by atoms with van der Waals surface area (Å²) in [5, 5.41) is 0. The first kappa shape index (κ1) is 15.8. The molecule has 0 amide bonds. The van der Waals surface area contributed by atoms with Crippen LogP contribution in [-0.2, 0) is 6.61 Å². The van der Waals surface area contributed by atoms with Gasteiger partial charge in [-0.05, 0) is 71.9 Å². The van der Waals surface area contributed by atoms with Crippen molar-refractivity contribution in [2.75, 3.05) is 0 Å². The van der Waals surface area contributed by atoms with E-state index in [1.165, 1.54) is 11.1 Å². The van der Waals surface area contributed by atoms with Gasteiger partial charge in [-0.3, -0.25) is 4.79 Å². The SMILES string of the molecule is Cc1cc(C)c(OCc2c(C)cccc2C(=O)Br)cc1C. The van der Waals surface area contributed by atoms with Crippen molar-refractivity contribution in [1.29, 1.82) is 0 Å². The molecular weight excluding hydrogens is 328 g/mol. The molecule has 3 heteroatoms. The van der Waals surface area contributed by atoms with E-state index in [1.807, 2.05) is 32.0 Å². The van der Waals surface area contributed by atoms with Gasteiger partial charge in [-0.15, -0.1) is 0 Å². The minimum Gasteiger partial charge on any atom is -0.489 e. The second-order valence-corrected chi connectivity index (χ2v) is 6.09. The molecule has 2 rings (SSSR count). The zero-order valence-corrected chi connectivity index (χ0v) is 14.4. The second-order valence-electron chi connectivity index (χ2n) is 5.37. The van der Waals surface area contributed by atoms with Gasteiger partial charge in [-0.1, -0.05) is 24.3 Å². The second kappa shape index (κ2) is 6.44. The molecule has 0 heterocycles. The topological polar surface area (TPSA) is 26.3 Å². The molecule has 0 aliphatic rings. The van der Waals surface area contributed by atoms with E-state index in [0.717, 1.165) is 22.4 Å². The van der Waals surface area contributed by atoms with Gasteiger partial charge in [0.05, 0.1) is 0 Å². The molecule has 0 fully saturated rings. The number of benzene rings is 2. The molecule has 0 N–H and O–H groups in total. The van der Waals surface area contributed by atoms with Crippen molar-refractivity contribution in [1.82, 2.24) is 0 Å². The quantitative estimate of drug-likeness (QED) is 0.725. The highest BCUT2D eigenvalue weighted by Crippen LogP contribution is 2.25. The van der Waals surface area contributed by atoms with E-state index in [9.17, 15) is 4.79 Å². The first-order valence-corrected chi connectivity index (χ1v) is 7.68. The van der Waals surface area contributed by atoms with E-state index in [1.54, 1.807) is 0 Å². The Kier molecular flexibility index (Phi) is 4.84. The van der Waals surface area contributed by atoms with E-state index in [0.29, 0.717) is 12.2 Å². The van der Waals surface area contributed by atoms with Crippen molar-refractivity contribution in [3.63, 3.8) is 0 Å². The summed E-state index contributed by atoms with van der Waals surface area (Å²) >= 11 is 3.03. The smallest absolute Gasteiger partial charge is 0.228 e. The van der Waals surface area contributed by atoms with Crippen molar-refractivity contribution < 1.29 is 9.53 Å². The monoisotopic (exact) mass is 346 g/mol. The molecule has 0 aliphatic heterocycles. The van der Waals surface area contributed by atoms with Gasteiger partial charge < -0.3 is 4.74 Å². The number of hydrogen-bond acceptors (Lipinski definition) is 2. The first-order valence-electron chi connectivity index (χ1n) is 6.89. The lowest BCUT2D eigenvalue weighted by atomic mass is 10.0. The van der Waals surface area contributed by atoms with Gasteiger partial charge in [0.15, 0.2) is 0 Å². The molecule has 21 heavy (non-hydrogen) atoms. The average molecular weight is 347 g/mol. The Balaban J connectivity index is 2.29. The Labute approximate surface area is 134 Å². The van der Waals surface area contributed by atoms with Crippen LogP contribution in [0.25, 0.3) is 0 Å². The van der Waals surface area contributed by atoms with Gasteiger partial charge in [0, 0.05) is 11.1 Å². The maximum absolute atomic E-state index is 11.7. The molecular formula is C18H19BrO2. The molecule has 2 aromatic rings. The zero-order valence-electron chi connectivity index (χ0n) is 12.8. The molecule has 2 aromatic carbocycles. The molecule has 0 radical (unpaired) electrons. The lowest BCUT2D eigenvalue weighted by Crippen LogP contribution is -2.05. The summed E-state index contributed by atoms with van der Waals surface area (Å²) in [4.78, 5) is 11.7. The number of halogens is 1. The molecule has 0 bridgehead atoms. The van der Waals surface area contributed by atoms with Gasteiger partial charge in [0.1, 0.15) is 12.4 Å². The normalized spacial score (nSPS) is 10.5. The standard InChI is InChI=1S/C18H19BrO2/c1-11-6-5-7-15(18(19)20)16(11)10-21-17-9-13(3)12(2)8-14(17)4/h5-9H,10H2,1-4H3. The molecule has 0 saturated carbocycles. The highest BCUT2D eigenvalue weighted by atomic mass is 79.9. The van der Waals surface area contributed by atoms with Gasteiger partial charge in [-0.25, -0.2) is 0 Å². The predicted molar refractivity (Wildman–Crippen MR) is 89.4 cm³/mol. The fraction of sp³-hybridized carbons (Fsp3) is 0.278. The number of carbonyl (C=O) groups excluding carboxylic acids is 1. The third-order valence-corrected chi connectivity index (χ3v) is 4.21. The molecule has 110 valence electrons. The Morgan fingerprint density at radius 2 is 1.67 bits per heavy atom. The molecule has 0 saturated heterocycles. The van der Waals surface area contributed by atoms with Gasteiger partial charge >= 0.3 is 0 Å². The minimum atomic E-state index is -0.110. The molecule has 0 unspecified atom stereocenters. The minimum absolute atomic E-state index is 0.110. The predicted octanol–water partition coefficient (Wildman–Crippen LogP) is 5.03. The van der Waals surface area contributed by atoms with Crippen molar-refractivity contribution >= 4 is 20.6 Å². The summed E-state index contributed by atoms with van der Waals surface area (Å²) in [6, 6.07) is 9.87. The van der Waals surface area contributed by atoms with E-state index in [-0.39, 0.29) is 4.69 Å². The van der Waals surface area contributed by atoms with Gasteiger partial charge in [0.25, 0.3) is 0 Å². The third kappa shape index (κ3) is 3.53. The number of aryl methyl sites for hydroxylation is 4. The maximum Gasteiger partial charge on any atom is 0.228 e. The lowest BCUT2D eigenvalue weighted by Gasteiger charge is -2.14. The number of ether oxygens (including phenoxy) is 1. The van der Waals surface area contributed by atoms with Crippen molar-refractivity contribution in [2.45, 2.75) is 34.3 Å². The summed E-state index contributed by atoms with van der Waals surface area (Å²) in [7, 11) is 0. The lowest BCUT2D eigenvalue weighted by molar-refractivity contribution is 0.109. The first-order chi connectivity index (χ1) is 9.90. The summed E-state index contributed by atoms with van der Waals surface area (Å²) < 4.78 is 5.85. The van der Waals surface area contributed by atoms with Gasteiger partial charge in [0.2, 0.25) is 4.69 Å². The number of carbonyl (C=O) groups is 1. The molecule has 0 aromatic heterocycles. The summed E-state index contributed by atoms with van der Waals surface area (Å²) in [6.07, 6.45) is 0. The maximum atomic E-state index is 11.7. The van der Waals surface area contributed by atoms with Crippen LogP contribution in [-0.4, -0.2) is 4.69 Å². The van der Waals surface area contributed by atoms with Crippen LogP contribution in [0.3, 0.4) is 0 Å². The summed E-state index contributed by atoms with van der Waals surface area (Å²) in [5.41, 5.74) is 6.22. The fourth-order valence-electron chi connectivity index (χ4n) is 2.32. The number of rotatable bonds is 4. The van der Waals surface area contributed by atoms with Crippen LogP contribution >= 0.6 is 15.9 Å². The summed E-state index contributed by atoms with van der Waals surface area (Å²) in [5.74, 6) is 0.870. The third-order valence-electron chi connectivity index (χ3n) is 3.79. The van der Waals surface area contributed by atoms with E-state index >= 15 is 0 Å².